The molecule has 0 radical (unpaired) electrons. The molecule has 0 saturated carbocycles. The summed E-state index contributed by atoms with van der Waals surface area (Å²) in [6.45, 7) is 11.2. The maximum Gasteiger partial charge on any atom is 0.222 e. The Kier molecular flexibility index (Phi) is 5.40. The largest absolute Gasteiger partial charge is 0.341 e. The minimum atomic E-state index is 0.234. The monoisotopic (exact) mass is 288 g/mol. The Morgan fingerprint density at radius 1 is 1.19 bits per heavy atom. The second-order valence-corrected chi connectivity index (χ2v) is 6.22. The Morgan fingerprint density at radius 2 is 1.86 bits per heavy atom. The van der Waals surface area contributed by atoms with Crippen LogP contribution in [-0.2, 0) is 4.79 Å². The molecule has 0 aromatic heterocycles. The molecule has 0 bridgehead atoms. The van der Waals surface area contributed by atoms with Crippen LogP contribution in [0, 0.1) is 20.8 Å². The van der Waals surface area contributed by atoms with Crippen LogP contribution in [-0.4, -0.2) is 30.4 Å². The first-order valence-electron chi connectivity index (χ1n) is 8.11. The molecule has 1 aliphatic heterocycles. The van der Waals surface area contributed by atoms with Gasteiger partial charge >= 0.3 is 0 Å². The molecule has 1 N–H and O–H groups in total. The number of nitrogens with one attached hydrogen (secondary N) is 1. The van der Waals surface area contributed by atoms with Crippen LogP contribution >= 0.6 is 0 Å². The first-order chi connectivity index (χ1) is 10.0. The first-order valence-corrected chi connectivity index (χ1v) is 8.11. The van der Waals surface area contributed by atoms with E-state index in [0.29, 0.717) is 12.3 Å². The predicted octanol–water partition coefficient (Wildman–Crippen LogP) is 3.27. The number of rotatable bonds is 5. The van der Waals surface area contributed by atoms with Crippen LogP contribution in [0.4, 0.5) is 0 Å². The number of likely N-dealkylation sites (N-methyl/N-ethyl adjacent to an activating group) is 1. The average molecular weight is 288 g/mol. The van der Waals surface area contributed by atoms with Crippen molar-refractivity contribution in [1.82, 2.24) is 10.2 Å². The van der Waals surface area contributed by atoms with Gasteiger partial charge in [-0.15, -0.1) is 0 Å². The Hall–Kier alpha value is -1.35. The molecular formula is C18H28N2O. The fourth-order valence-corrected chi connectivity index (χ4v) is 3.52. The molecule has 1 unspecified atom stereocenters. The zero-order valence-electron chi connectivity index (χ0n) is 13.8. The molecule has 1 heterocycles. The average Bonchev–Trinajstić information content (AvgIpc) is 2.40. The normalized spacial score (nSPS) is 17.1. The van der Waals surface area contributed by atoms with E-state index in [0.717, 1.165) is 32.5 Å². The van der Waals surface area contributed by atoms with Gasteiger partial charge in [0.25, 0.3) is 0 Å². The lowest BCUT2D eigenvalue weighted by atomic mass is 9.93. The Balaban J connectivity index is 2.24. The molecule has 0 aliphatic carbocycles. The van der Waals surface area contributed by atoms with Gasteiger partial charge in [0.2, 0.25) is 5.91 Å². The fourth-order valence-electron chi connectivity index (χ4n) is 3.52. The number of benzene rings is 1. The third kappa shape index (κ3) is 3.85. The van der Waals surface area contributed by atoms with Crippen molar-refractivity contribution >= 4 is 5.91 Å². The molecule has 116 valence electrons. The number of amides is 1. The molecule has 3 nitrogen and oxygen atoms in total. The van der Waals surface area contributed by atoms with E-state index in [-0.39, 0.29) is 6.04 Å². The van der Waals surface area contributed by atoms with E-state index in [1.54, 1.807) is 0 Å². The SMILES string of the molecule is CCNC(CN1CCCCC1=O)c1c(C)cc(C)cc1C. The second kappa shape index (κ2) is 7.08. The van der Waals surface area contributed by atoms with Crippen LogP contribution in [0.2, 0.25) is 0 Å². The number of piperidine rings is 1. The van der Waals surface area contributed by atoms with Crippen LogP contribution in [0.15, 0.2) is 12.1 Å². The van der Waals surface area contributed by atoms with E-state index in [9.17, 15) is 4.79 Å². The van der Waals surface area contributed by atoms with Crippen molar-refractivity contribution < 1.29 is 4.79 Å². The molecule has 1 aliphatic rings. The Labute approximate surface area is 128 Å². The summed E-state index contributed by atoms with van der Waals surface area (Å²) in [7, 11) is 0. The highest BCUT2D eigenvalue weighted by atomic mass is 16.2. The van der Waals surface area contributed by atoms with Crippen LogP contribution in [0.3, 0.4) is 0 Å². The summed E-state index contributed by atoms with van der Waals surface area (Å²) in [5.74, 6) is 0.312. The molecule has 1 amide bonds. The number of likely N-dealkylation sites (tertiary alicyclic amines) is 1. The van der Waals surface area contributed by atoms with Crippen molar-refractivity contribution in [3.05, 3.63) is 34.4 Å². The smallest absolute Gasteiger partial charge is 0.222 e. The summed E-state index contributed by atoms with van der Waals surface area (Å²) in [5, 5.41) is 3.57. The van der Waals surface area contributed by atoms with Gasteiger partial charge in [0.05, 0.1) is 6.04 Å². The summed E-state index contributed by atoms with van der Waals surface area (Å²) in [4.78, 5) is 14.1. The van der Waals surface area contributed by atoms with Crippen LogP contribution in [0.1, 0.15) is 54.5 Å². The van der Waals surface area contributed by atoms with Gasteiger partial charge in [0.15, 0.2) is 0 Å². The van der Waals surface area contributed by atoms with Crippen LogP contribution in [0.25, 0.3) is 0 Å². The van der Waals surface area contributed by atoms with Crippen molar-refractivity contribution in [2.24, 2.45) is 0 Å². The molecule has 1 aromatic carbocycles. The summed E-state index contributed by atoms with van der Waals surface area (Å²) in [6.07, 6.45) is 2.89. The zero-order chi connectivity index (χ0) is 15.4. The zero-order valence-corrected chi connectivity index (χ0v) is 13.8. The third-order valence-electron chi connectivity index (χ3n) is 4.36. The van der Waals surface area contributed by atoms with E-state index in [1.165, 1.54) is 22.3 Å². The molecule has 21 heavy (non-hydrogen) atoms. The number of hydrogen-bond acceptors (Lipinski definition) is 2. The maximum atomic E-state index is 12.1. The lowest BCUT2D eigenvalue weighted by Crippen LogP contribution is -2.42. The van der Waals surface area contributed by atoms with E-state index >= 15 is 0 Å². The van der Waals surface area contributed by atoms with E-state index in [1.807, 2.05) is 4.90 Å². The van der Waals surface area contributed by atoms with Crippen molar-refractivity contribution in [3.8, 4) is 0 Å². The van der Waals surface area contributed by atoms with Gasteiger partial charge < -0.3 is 10.2 Å². The molecule has 1 atom stereocenters. The van der Waals surface area contributed by atoms with Crippen molar-refractivity contribution in [3.63, 3.8) is 0 Å². The van der Waals surface area contributed by atoms with Gasteiger partial charge in [-0.3, -0.25) is 4.79 Å². The number of nitrogens with zero attached hydrogens (tertiary/aromatic N) is 1. The number of carbonyl (C=O) groups is 1. The molecular weight excluding hydrogens is 260 g/mol. The minimum Gasteiger partial charge on any atom is -0.341 e. The maximum absolute atomic E-state index is 12.1. The van der Waals surface area contributed by atoms with Gasteiger partial charge in [-0.25, -0.2) is 0 Å². The van der Waals surface area contributed by atoms with Crippen LogP contribution in [0.5, 0.6) is 0 Å². The van der Waals surface area contributed by atoms with Crippen molar-refractivity contribution in [2.75, 3.05) is 19.6 Å². The first kappa shape index (κ1) is 16.0. The fraction of sp³-hybridized carbons (Fsp3) is 0.611. The van der Waals surface area contributed by atoms with Gasteiger partial charge in [0.1, 0.15) is 0 Å². The predicted molar refractivity (Wildman–Crippen MR) is 87.5 cm³/mol. The molecule has 1 saturated heterocycles. The Morgan fingerprint density at radius 3 is 2.43 bits per heavy atom. The number of aryl methyl sites for hydroxylation is 3. The van der Waals surface area contributed by atoms with Crippen LogP contribution < -0.4 is 5.32 Å². The Bertz CT molecular complexity index is 487. The lowest BCUT2D eigenvalue weighted by molar-refractivity contribution is -0.133. The highest BCUT2D eigenvalue weighted by molar-refractivity contribution is 5.76. The topological polar surface area (TPSA) is 32.3 Å². The van der Waals surface area contributed by atoms with Crippen molar-refractivity contribution in [2.45, 2.75) is 53.0 Å². The quantitative estimate of drug-likeness (QED) is 0.902. The molecule has 1 aromatic rings. The van der Waals surface area contributed by atoms with Gasteiger partial charge in [-0.2, -0.15) is 0 Å². The standard InChI is InChI=1S/C18H28N2O/c1-5-19-16(12-20-9-7-6-8-17(20)21)18-14(3)10-13(2)11-15(18)4/h10-11,16,19H,5-9,12H2,1-4H3. The highest BCUT2D eigenvalue weighted by Crippen LogP contribution is 2.25. The molecule has 3 heteroatoms. The third-order valence-corrected chi connectivity index (χ3v) is 4.36. The summed E-state index contributed by atoms with van der Waals surface area (Å²) in [6, 6.07) is 4.72. The van der Waals surface area contributed by atoms with E-state index in [2.05, 4.69) is 45.1 Å². The number of hydrogen-bond donors (Lipinski definition) is 1. The molecule has 2 rings (SSSR count). The van der Waals surface area contributed by atoms with Gasteiger partial charge in [0, 0.05) is 19.5 Å². The van der Waals surface area contributed by atoms with Gasteiger partial charge in [-0.1, -0.05) is 24.6 Å². The van der Waals surface area contributed by atoms with Crippen molar-refractivity contribution in [1.29, 1.82) is 0 Å². The highest BCUT2D eigenvalue weighted by Gasteiger charge is 2.24. The number of carbonyl (C=O) groups excluding carboxylic acids is 1. The second-order valence-electron chi connectivity index (χ2n) is 6.22. The summed E-state index contributed by atoms with van der Waals surface area (Å²) in [5.41, 5.74) is 5.31. The van der Waals surface area contributed by atoms with Gasteiger partial charge in [-0.05, 0) is 56.8 Å². The molecule has 0 spiro atoms. The summed E-state index contributed by atoms with van der Waals surface area (Å²) < 4.78 is 0. The molecule has 1 fully saturated rings. The van der Waals surface area contributed by atoms with E-state index < -0.39 is 0 Å². The summed E-state index contributed by atoms with van der Waals surface area (Å²) >= 11 is 0. The lowest BCUT2D eigenvalue weighted by Gasteiger charge is -2.32. The minimum absolute atomic E-state index is 0.234. The van der Waals surface area contributed by atoms with E-state index in [4.69, 9.17) is 0 Å².